The Bertz CT molecular complexity index is 185. The van der Waals surface area contributed by atoms with Crippen LogP contribution in [0.3, 0.4) is 0 Å². The molecule has 0 aliphatic rings. The molecule has 0 rings (SSSR count). The molecule has 0 aromatic heterocycles. The normalized spacial score (nSPS) is 11.5. The first-order chi connectivity index (χ1) is 7.45. The van der Waals surface area contributed by atoms with Crippen molar-refractivity contribution in [1.82, 2.24) is 0 Å². The number of hydrogen-bond donors (Lipinski definition) is 1. The van der Waals surface area contributed by atoms with Gasteiger partial charge >= 0.3 is 5.97 Å². The summed E-state index contributed by atoms with van der Waals surface area (Å²) in [6, 6.07) is 0. The van der Waals surface area contributed by atoms with Crippen molar-refractivity contribution < 1.29 is 9.53 Å². The minimum atomic E-state index is -0.460. The van der Waals surface area contributed by atoms with Crippen LogP contribution < -0.4 is 5.73 Å². The Hall–Kier alpha value is -0.570. The Morgan fingerprint density at radius 3 is 2.25 bits per heavy atom. The van der Waals surface area contributed by atoms with Crippen molar-refractivity contribution in [3.05, 3.63) is 0 Å². The molecule has 3 nitrogen and oxygen atoms in total. The maximum Gasteiger partial charge on any atom is 0.307 e. The lowest BCUT2D eigenvalue weighted by Crippen LogP contribution is -2.35. The Labute approximate surface area is 99.7 Å². The molecule has 0 aliphatic carbocycles. The lowest BCUT2D eigenvalue weighted by molar-refractivity contribution is -0.144. The van der Waals surface area contributed by atoms with Crippen LogP contribution in [-0.2, 0) is 9.53 Å². The fourth-order valence-corrected chi connectivity index (χ4v) is 1.49. The Morgan fingerprint density at radius 1 is 1.12 bits per heavy atom. The van der Waals surface area contributed by atoms with Crippen molar-refractivity contribution in [3.8, 4) is 0 Å². The lowest BCUT2D eigenvalue weighted by atomic mass is 10.0. The van der Waals surface area contributed by atoms with Crippen LogP contribution in [0.15, 0.2) is 0 Å². The van der Waals surface area contributed by atoms with E-state index < -0.39 is 5.54 Å². The molecule has 3 heteroatoms. The summed E-state index contributed by atoms with van der Waals surface area (Å²) in [5.41, 5.74) is 5.26. The summed E-state index contributed by atoms with van der Waals surface area (Å²) in [5.74, 6) is -0.180. The molecular weight excluding hydrogens is 202 g/mol. The number of ether oxygens (including phenoxy) is 1. The third kappa shape index (κ3) is 11.5. The van der Waals surface area contributed by atoms with E-state index in [-0.39, 0.29) is 5.97 Å². The van der Waals surface area contributed by atoms with Crippen LogP contribution in [0.25, 0.3) is 0 Å². The zero-order chi connectivity index (χ0) is 12.4. The van der Waals surface area contributed by atoms with Gasteiger partial charge in [-0.1, -0.05) is 39.0 Å². The quantitative estimate of drug-likeness (QED) is 0.488. The van der Waals surface area contributed by atoms with Crippen molar-refractivity contribution in [2.45, 2.75) is 71.3 Å². The van der Waals surface area contributed by atoms with E-state index in [4.69, 9.17) is 10.5 Å². The first-order valence-electron chi connectivity index (χ1n) is 6.40. The maximum atomic E-state index is 11.3. The molecule has 0 saturated heterocycles. The van der Waals surface area contributed by atoms with E-state index in [0.29, 0.717) is 13.0 Å². The fourth-order valence-electron chi connectivity index (χ4n) is 1.49. The van der Waals surface area contributed by atoms with Crippen molar-refractivity contribution >= 4 is 5.97 Å². The number of rotatable bonds is 9. The third-order valence-electron chi connectivity index (χ3n) is 2.36. The van der Waals surface area contributed by atoms with Crippen LogP contribution in [0.2, 0.25) is 0 Å². The van der Waals surface area contributed by atoms with Crippen molar-refractivity contribution in [2.24, 2.45) is 5.73 Å². The largest absolute Gasteiger partial charge is 0.466 e. The average Bonchev–Trinajstić information content (AvgIpc) is 2.13. The molecule has 0 spiro atoms. The maximum absolute atomic E-state index is 11.3. The summed E-state index contributed by atoms with van der Waals surface area (Å²) in [7, 11) is 0. The van der Waals surface area contributed by atoms with Crippen molar-refractivity contribution in [2.75, 3.05) is 6.61 Å². The number of nitrogens with two attached hydrogens (primary N) is 1. The van der Waals surface area contributed by atoms with Gasteiger partial charge in [0.15, 0.2) is 0 Å². The lowest BCUT2D eigenvalue weighted by Gasteiger charge is -2.16. The number of carbonyl (C=O) groups is 1. The van der Waals surface area contributed by atoms with Crippen LogP contribution in [0.1, 0.15) is 65.7 Å². The van der Waals surface area contributed by atoms with Gasteiger partial charge in [0.2, 0.25) is 0 Å². The predicted molar refractivity (Wildman–Crippen MR) is 67.2 cm³/mol. The molecule has 0 fully saturated rings. The van der Waals surface area contributed by atoms with Crippen LogP contribution >= 0.6 is 0 Å². The minimum absolute atomic E-state index is 0.180. The van der Waals surface area contributed by atoms with Crippen LogP contribution in [0.5, 0.6) is 0 Å². The molecule has 96 valence electrons. The summed E-state index contributed by atoms with van der Waals surface area (Å²) in [6.07, 6.45) is 7.53. The zero-order valence-corrected chi connectivity index (χ0v) is 11.1. The monoisotopic (exact) mass is 229 g/mol. The first-order valence-corrected chi connectivity index (χ1v) is 6.40. The molecule has 0 aromatic rings. The highest BCUT2D eigenvalue weighted by molar-refractivity contribution is 5.70. The second-order valence-corrected chi connectivity index (χ2v) is 5.15. The van der Waals surface area contributed by atoms with Gasteiger partial charge in [-0.3, -0.25) is 4.79 Å². The number of esters is 1. The summed E-state index contributed by atoms with van der Waals surface area (Å²) in [5, 5.41) is 0. The Morgan fingerprint density at radius 2 is 1.69 bits per heavy atom. The van der Waals surface area contributed by atoms with Crippen molar-refractivity contribution in [1.29, 1.82) is 0 Å². The number of unbranched alkanes of at least 4 members (excludes halogenated alkanes) is 5. The van der Waals surface area contributed by atoms with Gasteiger partial charge in [0, 0.05) is 5.54 Å². The molecule has 0 amide bonds. The summed E-state index contributed by atoms with van der Waals surface area (Å²) in [4.78, 5) is 11.3. The summed E-state index contributed by atoms with van der Waals surface area (Å²) >= 11 is 0. The van der Waals surface area contributed by atoms with Crippen molar-refractivity contribution in [3.63, 3.8) is 0 Å². The second-order valence-electron chi connectivity index (χ2n) is 5.15. The molecule has 0 aromatic carbocycles. The molecule has 0 heterocycles. The topological polar surface area (TPSA) is 52.3 Å². The van der Waals surface area contributed by atoms with Crippen LogP contribution in [0, 0.1) is 0 Å². The van der Waals surface area contributed by atoms with Gasteiger partial charge in [0.05, 0.1) is 13.0 Å². The molecule has 0 bridgehead atoms. The molecule has 2 N–H and O–H groups in total. The van der Waals surface area contributed by atoms with Gasteiger partial charge < -0.3 is 10.5 Å². The predicted octanol–water partition coefficient (Wildman–Crippen LogP) is 3.02. The van der Waals surface area contributed by atoms with Gasteiger partial charge in [0.1, 0.15) is 0 Å². The van der Waals surface area contributed by atoms with E-state index in [1.807, 2.05) is 13.8 Å². The molecular formula is C13H27NO2. The Kier molecular flexibility index (Phi) is 8.26. The smallest absolute Gasteiger partial charge is 0.307 e. The van der Waals surface area contributed by atoms with E-state index in [1.54, 1.807) is 0 Å². The highest BCUT2D eigenvalue weighted by atomic mass is 16.5. The van der Waals surface area contributed by atoms with Gasteiger partial charge in [0.25, 0.3) is 0 Å². The standard InChI is InChI=1S/C13H27NO2/c1-4-5-6-7-8-9-10-16-12(15)11-13(2,3)14/h4-11,14H2,1-3H3. The fraction of sp³-hybridized carbons (Fsp3) is 0.923. The van der Waals surface area contributed by atoms with E-state index in [2.05, 4.69) is 6.92 Å². The first kappa shape index (κ1) is 15.4. The van der Waals surface area contributed by atoms with E-state index in [0.717, 1.165) is 12.8 Å². The van der Waals surface area contributed by atoms with Gasteiger partial charge in [-0.25, -0.2) is 0 Å². The van der Waals surface area contributed by atoms with Gasteiger partial charge in [-0.15, -0.1) is 0 Å². The molecule has 0 saturated carbocycles. The van der Waals surface area contributed by atoms with Crippen LogP contribution in [0.4, 0.5) is 0 Å². The number of carbonyl (C=O) groups excluding carboxylic acids is 1. The summed E-state index contributed by atoms with van der Waals surface area (Å²) < 4.78 is 5.11. The molecule has 0 aliphatic heterocycles. The Balaban J connectivity index is 3.28. The molecule has 0 atom stereocenters. The second kappa shape index (κ2) is 8.57. The van der Waals surface area contributed by atoms with Gasteiger partial charge in [-0.05, 0) is 20.3 Å². The van der Waals surface area contributed by atoms with E-state index >= 15 is 0 Å². The molecule has 16 heavy (non-hydrogen) atoms. The van der Waals surface area contributed by atoms with E-state index in [1.165, 1.54) is 25.7 Å². The average molecular weight is 229 g/mol. The zero-order valence-electron chi connectivity index (χ0n) is 11.1. The van der Waals surface area contributed by atoms with Gasteiger partial charge in [-0.2, -0.15) is 0 Å². The summed E-state index contributed by atoms with van der Waals surface area (Å²) in [6.45, 7) is 6.41. The highest BCUT2D eigenvalue weighted by Gasteiger charge is 2.16. The molecule has 0 radical (unpaired) electrons. The van der Waals surface area contributed by atoms with E-state index in [9.17, 15) is 4.79 Å². The van der Waals surface area contributed by atoms with Crippen LogP contribution in [-0.4, -0.2) is 18.1 Å². The number of hydrogen-bond acceptors (Lipinski definition) is 3. The molecule has 0 unspecified atom stereocenters. The minimum Gasteiger partial charge on any atom is -0.466 e. The SMILES string of the molecule is CCCCCCCCOC(=O)CC(C)(C)N. The highest BCUT2D eigenvalue weighted by Crippen LogP contribution is 2.07. The third-order valence-corrected chi connectivity index (χ3v) is 2.36.